The predicted octanol–water partition coefficient (Wildman–Crippen LogP) is -0.0276. The molecule has 1 aliphatic heterocycles. The van der Waals surface area contributed by atoms with E-state index in [-0.39, 0.29) is 17.2 Å². The Hall–Kier alpha value is -1.78. The molecule has 2 rings (SSSR count). The largest absolute Gasteiger partial charge is 0.402 e. The zero-order valence-electron chi connectivity index (χ0n) is 5.37. The number of rotatable bonds is 0. The van der Waals surface area contributed by atoms with Gasteiger partial charge in [0.1, 0.15) is 17.6 Å². The molecule has 0 saturated carbocycles. The Kier molecular flexibility index (Phi) is 1.00. The lowest BCUT2D eigenvalue weighted by Crippen LogP contribution is -1.97. The zero-order valence-corrected chi connectivity index (χ0v) is 5.37. The van der Waals surface area contributed by atoms with Crippen LogP contribution < -0.4 is 0 Å². The first kappa shape index (κ1) is 5.96. The maximum atomic E-state index is 10.8. The molecule has 0 unspecified atom stereocenters. The number of hydrogen-bond acceptors (Lipinski definition) is 5. The van der Waals surface area contributed by atoms with Gasteiger partial charge in [0.15, 0.2) is 0 Å². The summed E-state index contributed by atoms with van der Waals surface area (Å²) < 4.78 is 4.47. The van der Waals surface area contributed by atoms with Crippen molar-refractivity contribution in [1.29, 1.82) is 5.41 Å². The summed E-state index contributed by atoms with van der Waals surface area (Å²) in [5.74, 6) is -0.752. The Balaban J connectivity index is 2.69. The topological polar surface area (TPSA) is 75.9 Å². The Bertz CT molecular complexity index is 314. The summed E-state index contributed by atoms with van der Waals surface area (Å²) in [7, 11) is 0. The van der Waals surface area contributed by atoms with Gasteiger partial charge in [0, 0.05) is 6.20 Å². The molecule has 0 fully saturated rings. The highest BCUT2D eigenvalue weighted by atomic mass is 16.5. The van der Waals surface area contributed by atoms with Gasteiger partial charge in [-0.25, -0.2) is 14.8 Å². The van der Waals surface area contributed by atoms with E-state index in [0.29, 0.717) is 0 Å². The fourth-order valence-electron chi connectivity index (χ4n) is 0.856. The highest BCUT2D eigenvalue weighted by Gasteiger charge is 2.27. The second kappa shape index (κ2) is 1.85. The molecule has 1 aromatic heterocycles. The molecular formula is C6H3N3O2. The van der Waals surface area contributed by atoms with Gasteiger partial charge >= 0.3 is 5.97 Å². The van der Waals surface area contributed by atoms with Crippen LogP contribution in [0.25, 0.3) is 0 Å². The highest BCUT2D eigenvalue weighted by Crippen LogP contribution is 2.14. The molecule has 5 nitrogen and oxygen atoms in total. The maximum Gasteiger partial charge on any atom is 0.348 e. The molecule has 1 aliphatic rings. The predicted molar refractivity (Wildman–Crippen MR) is 34.3 cm³/mol. The van der Waals surface area contributed by atoms with E-state index in [2.05, 4.69) is 14.7 Å². The molecule has 0 amide bonds. The summed E-state index contributed by atoms with van der Waals surface area (Å²) >= 11 is 0. The Morgan fingerprint density at radius 3 is 3.09 bits per heavy atom. The van der Waals surface area contributed by atoms with E-state index in [0.717, 1.165) is 0 Å². The van der Waals surface area contributed by atoms with Gasteiger partial charge < -0.3 is 4.74 Å². The number of cyclic esters (lactones) is 1. The third-order valence-electron chi connectivity index (χ3n) is 1.34. The first-order chi connectivity index (χ1) is 5.29. The molecule has 0 aliphatic carbocycles. The number of esters is 1. The summed E-state index contributed by atoms with van der Waals surface area (Å²) in [6, 6.07) is 0. The molecule has 1 N–H and O–H groups in total. The van der Waals surface area contributed by atoms with Crippen molar-refractivity contribution in [2.75, 3.05) is 0 Å². The van der Waals surface area contributed by atoms with Gasteiger partial charge in [-0.05, 0) is 0 Å². The SMILES string of the molecule is N=C1OC(=O)c2cncnc21. The second-order valence-corrected chi connectivity index (χ2v) is 2.00. The van der Waals surface area contributed by atoms with E-state index in [1.807, 2.05) is 0 Å². The molecule has 0 atom stereocenters. The Morgan fingerprint density at radius 2 is 2.36 bits per heavy atom. The van der Waals surface area contributed by atoms with E-state index in [9.17, 15) is 4.79 Å². The van der Waals surface area contributed by atoms with Crippen molar-refractivity contribution in [3.05, 3.63) is 23.8 Å². The van der Waals surface area contributed by atoms with Gasteiger partial charge in [-0.15, -0.1) is 0 Å². The number of fused-ring (bicyclic) bond motifs is 1. The van der Waals surface area contributed by atoms with E-state index in [1.54, 1.807) is 0 Å². The third kappa shape index (κ3) is 0.706. The van der Waals surface area contributed by atoms with Crippen LogP contribution in [0.2, 0.25) is 0 Å². The molecule has 0 saturated heterocycles. The van der Waals surface area contributed by atoms with E-state index in [4.69, 9.17) is 5.41 Å². The Labute approximate surface area is 61.6 Å². The van der Waals surface area contributed by atoms with Crippen LogP contribution in [-0.4, -0.2) is 21.8 Å². The van der Waals surface area contributed by atoms with Crippen LogP contribution in [0.4, 0.5) is 0 Å². The quantitative estimate of drug-likeness (QED) is 0.525. The molecule has 2 heterocycles. The summed E-state index contributed by atoms with van der Waals surface area (Å²) in [5, 5.41) is 7.13. The lowest BCUT2D eigenvalue weighted by Gasteiger charge is -1.87. The summed E-state index contributed by atoms with van der Waals surface area (Å²) in [6.07, 6.45) is 2.61. The number of ether oxygens (including phenoxy) is 1. The van der Waals surface area contributed by atoms with Crippen LogP contribution in [0, 0.1) is 5.41 Å². The van der Waals surface area contributed by atoms with Crippen LogP contribution in [0.15, 0.2) is 12.5 Å². The summed E-state index contributed by atoms with van der Waals surface area (Å²) in [4.78, 5) is 18.2. The molecule has 54 valence electrons. The lowest BCUT2D eigenvalue weighted by atomic mass is 10.3. The minimum absolute atomic E-state index is 0.201. The summed E-state index contributed by atoms with van der Waals surface area (Å²) in [5.41, 5.74) is 0.530. The van der Waals surface area contributed by atoms with Gasteiger partial charge in [0.2, 0.25) is 5.90 Å². The van der Waals surface area contributed by atoms with Crippen molar-refractivity contribution in [2.24, 2.45) is 0 Å². The maximum absolute atomic E-state index is 10.8. The zero-order chi connectivity index (χ0) is 7.84. The normalized spacial score (nSPS) is 14.5. The van der Waals surface area contributed by atoms with E-state index < -0.39 is 5.97 Å². The van der Waals surface area contributed by atoms with Crippen LogP contribution in [-0.2, 0) is 4.74 Å². The smallest absolute Gasteiger partial charge is 0.348 e. The molecular weight excluding hydrogens is 146 g/mol. The van der Waals surface area contributed by atoms with Gasteiger partial charge in [-0.1, -0.05) is 0 Å². The van der Waals surface area contributed by atoms with Crippen molar-refractivity contribution >= 4 is 11.9 Å². The molecule has 5 heteroatoms. The van der Waals surface area contributed by atoms with Gasteiger partial charge in [-0.2, -0.15) is 0 Å². The minimum atomic E-state index is -0.550. The summed E-state index contributed by atoms with van der Waals surface area (Å²) in [6.45, 7) is 0. The molecule has 0 bridgehead atoms. The molecule has 0 aromatic carbocycles. The van der Waals surface area contributed by atoms with Crippen LogP contribution in [0.5, 0.6) is 0 Å². The second-order valence-electron chi connectivity index (χ2n) is 2.00. The van der Waals surface area contributed by atoms with Crippen LogP contribution in [0.1, 0.15) is 16.1 Å². The standard InChI is InChI=1S/C6H3N3O2/c7-5-4-3(6(10)11-5)1-8-2-9-4/h1-2,7H. The molecule has 11 heavy (non-hydrogen) atoms. The minimum Gasteiger partial charge on any atom is -0.402 e. The molecule has 1 aromatic rings. The number of nitrogens with one attached hydrogen (secondary N) is 1. The van der Waals surface area contributed by atoms with Crippen LogP contribution in [0.3, 0.4) is 0 Å². The Morgan fingerprint density at radius 1 is 1.55 bits per heavy atom. The monoisotopic (exact) mass is 149 g/mol. The first-order valence-corrected chi connectivity index (χ1v) is 2.90. The van der Waals surface area contributed by atoms with Gasteiger partial charge in [0.25, 0.3) is 0 Å². The number of nitrogens with zero attached hydrogens (tertiary/aromatic N) is 2. The van der Waals surface area contributed by atoms with Crippen LogP contribution >= 0.6 is 0 Å². The third-order valence-corrected chi connectivity index (χ3v) is 1.34. The van der Waals surface area contributed by atoms with Crippen molar-refractivity contribution in [3.8, 4) is 0 Å². The first-order valence-electron chi connectivity index (χ1n) is 2.90. The average molecular weight is 149 g/mol. The van der Waals surface area contributed by atoms with E-state index >= 15 is 0 Å². The van der Waals surface area contributed by atoms with Crippen molar-refractivity contribution in [3.63, 3.8) is 0 Å². The van der Waals surface area contributed by atoms with Crippen molar-refractivity contribution in [2.45, 2.75) is 0 Å². The number of hydrogen-bond donors (Lipinski definition) is 1. The van der Waals surface area contributed by atoms with Gasteiger partial charge in [-0.3, -0.25) is 5.41 Å². The molecule has 0 radical (unpaired) electrons. The molecule has 0 spiro atoms. The fourth-order valence-corrected chi connectivity index (χ4v) is 0.856. The van der Waals surface area contributed by atoms with Crippen molar-refractivity contribution < 1.29 is 9.53 Å². The average Bonchev–Trinajstić information content (AvgIpc) is 2.30. The fraction of sp³-hybridized carbons (Fsp3) is 0. The number of carbonyl (C=O) groups excluding carboxylic acids is 1. The number of aromatic nitrogens is 2. The van der Waals surface area contributed by atoms with Gasteiger partial charge in [0.05, 0.1) is 0 Å². The van der Waals surface area contributed by atoms with Crippen molar-refractivity contribution in [1.82, 2.24) is 9.97 Å². The number of carbonyl (C=O) groups is 1. The highest BCUT2D eigenvalue weighted by molar-refractivity contribution is 6.14. The lowest BCUT2D eigenvalue weighted by molar-refractivity contribution is 0.0735. The van der Waals surface area contributed by atoms with E-state index in [1.165, 1.54) is 12.5 Å².